The highest BCUT2D eigenvalue weighted by Crippen LogP contribution is 2.37. The number of aliphatic hydroxyl groups excluding tert-OH is 1. The molecule has 0 amide bonds. The van der Waals surface area contributed by atoms with Crippen LogP contribution in [0, 0.1) is 11.8 Å². The van der Waals surface area contributed by atoms with Crippen LogP contribution in [0.1, 0.15) is 61.4 Å². The van der Waals surface area contributed by atoms with Gasteiger partial charge in [-0.15, -0.1) is 0 Å². The number of pyridine rings is 2. The van der Waals surface area contributed by atoms with E-state index in [1.54, 1.807) is 18.5 Å². The summed E-state index contributed by atoms with van der Waals surface area (Å²) in [4.78, 5) is 21.8. The zero-order chi connectivity index (χ0) is 27.2. The van der Waals surface area contributed by atoms with Crippen molar-refractivity contribution in [3.63, 3.8) is 0 Å². The van der Waals surface area contributed by atoms with Gasteiger partial charge in [0.15, 0.2) is 11.5 Å². The third-order valence-corrected chi connectivity index (χ3v) is 8.25. The molecule has 0 saturated heterocycles. The lowest BCUT2D eigenvalue weighted by molar-refractivity contribution is 0.104. The average Bonchev–Trinajstić information content (AvgIpc) is 2.99. The molecule has 0 radical (unpaired) electrons. The van der Waals surface area contributed by atoms with Crippen molar-refractivity contribution in [2.24, 2.45) is 11.8 Å². The molecule has 2 aromatic heterocycles. The number of ether oxygens (including phenoxy) is 1. The Morgan fingerprint density at radius 1 is 0.949 bits per heavy atom. The van der Waals surface area contributed by atoms with Gasteiger partial charge in [0.1, 0.15) is 5.69 Å². The minimum Gasteiger partial charge on any atom is -0.515 e. The number of benzene rings is 2. The smallest absolute Gasteiger partial charge is 0.193 e. The van der Waals surface area contributed by atoms with E-state index >= 15 is 0 Å². The summed E-state index contributed by atoms with van der Waals surface area (Å²) in [7, 11) is 1.52. The maximum absolute atomic E-state index is 12.9. The molecule has 0 spiro atoms. The van der Waals surface area contributed by atoms with Gasteiger partial charge in [-0.3, -0.25) is 9.78 Å². The molecule has 2 heterocycles. The van der Waals surface area contributed by atoms with Crippen LogP contribution < -0.4 is 4.74 Å². The minimum absolute atomic E-state index is 0.328. The summed E-state index contributed by atoms with van der Waals surface area (Å²) >= 11 is 0. The average molecular weight is 521 g/mol. The number of fused-ring (bicyclic) bond motifs is 1. The first-order valence-electron chi connectivity index (χ1n) is 14.0. The molecule has 4 aromatic rings. The van der Waals surface area contributed by atoms with E-state index in [1.807, 2.05) is 12.1 Å². The maximum atomic E-state index is 12.9. The van der Waals surface area contributed by atoms with Crippen LogP contribution in [0.3, 0.4) is 0 Å². The number of methoxy groups -OCH3 is 1. The van der Waals surface area contributed by atoms with E-state index in [1.165, 1.54) is 56.8 Å². The van der Waals surface area contributed by atoms with Gasteiger partial charge in [0.25, 0.3) is 0 Å². The summed E-state index contributed by atoms with van der Waals surface area (Å²) in [6, 6.07) is 18.9. The standard InChI is InChI=1S/C34H36N2O3/c1-3-23-4-6-24(7-5-23)8-9-25-10-12-26(13-11-25)27-14-16-28(17-15-27)33-34(39-2)32(31(38)19-21-37)29-22-35-20-18-30(29)36-33/h10-24,37H,3-9H2,1-2H3/b21-19+. The second-order valence-electron chi connectivity index (χ2n) is 10.5. The second-order valence-corrected chi connectivity index (χ2v) is 10.5. The highest BCUT2D eigenvalue weighted by Gasteiger charge is 2.22. The van der Waals surface area contributed by atoms with Crippen molar-refractivity contribution in [3.05, 3.63) is 90.5 Å². The number of carbonyl (C=O) groups excluding carboxylic acids is 1. The lowest BCUT2D eigenvalue weighted by Gasteiger charge is -2.27. The van der Waals surface area contributed by atoms with Crippen LogP contribution in [-0.4, -0.2) is 28.0 Å². The normalized spacial score (nSPS) is 17.5. The molecule has 5 nitrogen and oxygen atoms in total. The first kappa shape index (κ1) is 26.6. The van der Waals surface area contributed by atoms with E-state index in [-0.39, 0.29) is 5.78 Å². The Morgan fingerprint density at radius 2 is 1.59 bits per heavy atom. The monoisotopic (exact) mass is 520 g/mol. The summed E-state index contributed by atoms with van der Waals surface area (Å²) in [6.45, 7) is 2.33. The first-order valence-corrected chi connectivity index (χ1v) is 14.0. The van der Waals surface area contributed by atoms with E-state index in [9.17, 15) is 9.90 Å². The van der Waals surface area contributed by atoms with Gasteiger partial charge in [0, 0.05) is 29.4 Å². The van der Waals surface area contributed by atoms with E-state index in [0.717, 1.165) is 41.7 Å². The molecule has 200 valence electrons. The van der Waals surface area contributed by atoms with Crippen LogP contribution in [-0.2, 0) is 6.42 Å². The Hall–Kier alpha value is -3.99. The van der Waals surface area contributed by atoms with Crippen molar-refractivity contribution >= 4 is 16.7 Å². The topological polar surface area (TPSA) is 72.3 Å². The van der Waals surface area contributed by atoms with E-state index < -0.39 is 0 Å². The molecule has 5 heteroatoms. The lowest BCUT2D eigenvalue weighted by Crippen LogP contribution is -2.14. The van der Waals surface area contributed by atoms with Gasteiger partial charge in [-0.1, -0.05) is 87.6 Å². The van der Waals surface area contributed by atoms with Crippen LogP contribution in [0.15, 0.2) is 79.3 Å². The number of carbonyl (C=O) groups is 1. The molecule has 0 atom stereocenters. The predicted octanol–water partition coefficient (Wildman–Crippen LogP) is 8.38. The third-order valence-electron chi connectivity index (χ3n) is 8.25. The number of hydrogen-bond acceptors (Lipinski definition) is 5. The summed E-state index contributed by atoms with van der Waals surface area (Å²) in [5.74, 6) is 1.82. The zero-order valence-electron chi connectivity index (χ0n) is 22.8. The van der Waals surface area contributed by atoms with Gasteiger partial charge < -0.3 is 9.84 Å². The number of aryl methyl sites for hydroxylation is 1. The van der Waals surface area contributed by atoms with Crippen molar-refractivity contribution in [1.82, 2.24) is 9.97 Å². The van der Waals surface area contributed by atoms with Crippen LogP contribution in [0.2, 0.25) is 0 Å². The molecule has 0 unspecified atom stereocenters. The molecule has 2 aromatic carbocycles. The number of rotatable bonds is 9. The predicted molar refractivity (Wildman–Crippen MR) is 157 cm³/mol. The summed E-state index contributed by atoms with van der Waals surface area (Å²) in [5.41, 5.74) is 6.06. The van der Waals surface area contributed by atoms with Crippen LogP contribution in [0.4, 0.5) is 0 Å². The summed E-state index contributed by atoms with van der Waals surface area (Å²) in [6.07, 6.45) is 14.5. The number of allylic oxidation sites excluding steroid dienone is 1. The molecule has 1 aliphatic rings. The van der Waals surface area contributed by atoms with Crippen molar-refractivity contribution in [2.75, 3.05) is 7.11 Å². The van der Waals surface area contributed by atoms with Crippen LogP contribution in [0.25, 0.3) is 33.3 Å². The number of hydrogen-bond donors (Lipinski definition) is 1. The SMILES string of the molecule is CCC1CCC(CCc2ccc(-c3ccc(-c4nc5ccncc5c(C(=O)/C=C/O)c4OC)cc3)cc2)CC1. The zero-order valence-corrected chi connectivity index (χ0v) is 22.8. The molecule has 0 aliphatic heterocycles. The van der Waals surface area contributed by atoms with Gasteiger partial charge in [-0.05, 0) is 47.4 Å². The van der Waals surface area contributed by atoms with Crippen molar-refractivity contribution < 1.29 is 14.6 Å². The first-order chi connectivity index (χ1) is 19.1. The molecule has 1 aliphatic carbocycles. The molecular weight excluding hydrogens is 484 g/mol. The highest BCUT2D eigenvalue weighted by atomic mass is 16.5. The Morgan fingerprint density at radius 3 is 2.23 bits per heavy atom. The number of aromatic nitrogens is 2. The molecule has 5 rings (SSSR count). The minimum atomic E-state index is -0.374. The fourth-order valence-corrected chi connectivity index (χ4v) is 5.86. The third kappa shape index (κ3) is 5.88. The van der Waals surface area contributed by atoms with Gasteiger partial charge in [-0.2, -0.15) is 0 Å². The Kier molecular flexibility index (Phi) is 8.36. The molecule has 1 fully saturated rings. The number of ketones is 1. The van der Waals surface area contributed by atoms with Gasteiger partial charge in [0.2, 0.25) is 0 Å². The van der Waals surface area contributed by atoms with Gasteiger partial charge in [0.05, 0.1) is 24.5 Å². The fraction of sp³-hybridized carbons (Fsp3) is 0.324. The molecule has 0 bridgehead atoms. The molecular formula is C34H36N2O3. The highest BCUT2D eigenvalue weighted by molar-refractivity contribution is 6.16. The van der Waals surface area contributed by atoms with E-state index in [2.05, 4.69) is 48.3 Å². The second kappa shape index (κ2) is 12.2. The van der Waals surface area contributed by atoms with Crippen LogP contribution >= 0.6 is 0 Å². The lowest BCUT2D eigenvalue weighted by atomic mass is 9.78. The van der Waals surface area contributed by atoms with Crippen molar-refractivity contribution in [3.8, 4) is 28.1 Å². The van der Waals surface area contributed by atoms with Crippen LogP contribution in [0.5, 0.6) is 5.75 Å². The number of aliphatic hydroxyl groups is 1. The van der Waals surface area contributed by atoms with E-state index in [4.69, 9.17) is 9.72 Å². The molecule has 39 heavy (non-hydrogen) atoms. The fourth-order valence-electron chi connectivity index (χ4n) is 5.86. The molecule has 1 saturated carbocycles. The Balaban J connectivity index is 1.35. The quantitative estimate of drug-likeness (QED) is 0.136. The maximum Gasteiger partial charge on any atom is 0.193 e. The van der Waals surface area contributed by atoms with Gasteiger partial charge in [-0.25, -0.2) is 4.98 Å². The van der Waals surface area contributed by atoms with Crippen molar-refractivity contribution in [1.29, 1.82) is 0 Å². The summed E-state index contributed by atoms with van der Waals surface area (Å²) in [5, 5.41) is 9.78. The van der Waals surface area contributed by atoms with Crippen molar-refractivity contribution in [2.45, 2.75) is 51.9 Å². The molecule has 1 N–H and O–H groups in total. The largest absolute Gasteiger partial charge is 0.515 e. The Bertz CT molecular complexity index is 1450. The Labute approximate surface area is 230 Å². The summed E-state index contributed by atoms with van der Waals surface area (Å²) < 4.78 is 5.69. The number of nitrogens with zero attached hydrogens (tertiary/aromatic N) is 2. The van der Waals surface area contributed by atoms with Gasteiger partial charge >= 0.3 is 0 Å². The van der Waals surface area contributed by atoms with E-state index in [0.29, 0.717) is 27.9 Å².